The Kier molecular flexibility index (Phi) is 4.67. The predicted octanol–water partition coefficient (Wildman–Crippen LogP) is 4.55. The van der Waals surface area contributed by atoms with Gasteiger partial charge in [-0.2, -0.15) is 0 Å². The van der Waals surface area contributed by atoms with Gasteiger partial charge in [-0.15, -0.1) is 11.3 Å². The van der Waals surface area contributed by atoms with Crippen molar-refractivity contribution in [3.63, 3.8) is 0 Å². The van der Waals surface area contributed by atoms with Gasteiger partial charge in [-0.25, -0.2) is 0 Å². The molecule has 18 heavy (non-hydrogen) atoms. The first kappa shape index (κ1) is 13.9. The van der Waals surface area contributed by atoms with Crippen molar-refractivity contribution in [3.8, 4) is 5.75 Å². The average Bonchev–Trinajstić information content (AvgIpc) is 2.75. The molecule has 2 nitrogen and oxygen atoms in total. The summed E-state index contributed by atoms with van der Waals surface area (Å²) in [5.41, 5.74) is 6.94. The molecular formula is C13H13BrClNOS. The van der Waals surface area contributed by atoms with Crippen LogP contribution in [0.3, 0.4) is 0 Å². The largest absolute Gasteiger partial charge is 0.482 e. The number of ether oxygens (including phenoxy) is 1. The summed E-state index contributed by atoms with van der Waals surface area (Å²) < 4.78 is 7.61. The molecule has 2 N–H and O–H groups in total. The van der Waals surface area contributed by atoms with Crippen LogP contribution in [0, 0.1) is 6.92 Å². The Bertz CT molecular complexity index is 544. The maximum Gasteiger partial charge on any atom is 0.145 e. The van der Waals surface area contributed by atoms with Crippen molar-refractivity contribution in [2.75, 3.05) is 6.54 Å². The molecule has 1 atom stereocenters. The van der Waals surface area contributed by atoms with Gasteiger partial charge in [0.1, 0.15) is 11.9 Å². The van der Waals surface area contributed by atoms with Crippen molar-refractivity contribution < 1.29 is 4.74 Å². The number of hydrogen-bond donors (Lipinski definition) is 1. The fourth-order valence-corrected chi connectivity index (χ4v) is 3.27. The van der Waals surface area contributed by atoms with Crippen LogP contribution in [-0.2, 0) is 0 Å². The van der Waals surface area contributed by atoms with Crippen molar-refractivity contribution in [2.45, 2.75) is 13.0 Å². The summed E-state index contributed by atoms with van der Waals surface area (Å²) in [7, 11) is 0. The lowest BCUT2D eigenvalue weighted by atomic mass is 10.2. The van der Waals surface area contributed by atoms with E-state index in [0.717, 1.165) is 19.4 Å². The van der Waals surface area contributed by atoms with Gasteiger partial charge in [0.15, 0.2) is 0 Å². The zero-order valence-corrected chi connectivity index (χ0v) is 13.0. The van der Waals surface area contributed by atoms with Crippen LogP contribution in [0.4, 0.5) is 0 Å². The third-order valence-electron chi connectivity index (χ3n) is 2.48. The highest BCUT2D eigenvalue weighted by molar-refractivity contribution is 9.10. The topological polar surface area (TPSA) is 35.2 Å². The van der Waals surface area contributed by atoms with Gasteiger partial charge in [-0.1, -0.05) is 17.7 Å². The molecule has 1 aromatic carbocycles. The Morgan fingerprint density at radius 1 is 1.39 bits per heavy atom. The number of aryl methyl sites for hydroxylation is 1. The van der Waals surface area contributed by atoms with E-state index in [0.29, 0.717) is 6.54 Å². The van der Waals surface area contributed by atoms with E-state index in [2.05, 4.69) is 15.9 Å². The second-order valence-electron chi connectivity index (χ2n) is 3.92. The molecule has 0 spiro atoms. The molecule has 0 amide bonds. The van der Waals surface area contributed by atoms with Crippen LogP contribution in [0.15, 0.2) is 34.8 Å². The van der Waals surface area contributed by atoms with Crippen molar-refractivity contribution in [3.05, 3.63) is 49.6 Å². The van der Waals surface area contributed by atoms with Gasteiger partial charge in [0.25, 0.3) is 0 Å². The molecule has 5 heteroatoms. The van der Waals surface area contributed by atoms with Crippen molar-refractivity contribution in [2.24, 2.45) is 5.73 Å². The summed E-state index contributed by atoms with van der Waals surface area (Å²) in [5, 5.41) is 0. The Morgan fingerprint density at radius 3 is 2.72 bits per heavy atom. The maximum absolute atomic E-state index is 5.93. The molecule has 1 unspecified atom stereocenters. The minimum absolute atomic E-state index is 0.165. The molecule has 0 aliphatic carbocycles. The number of benzene rings is 1. The van der Waals surface area contributed by atoms with Crippen LogP contribution in [0.25, 0.3) is 0 Å². The highest BCUT2D eigenvalue weighted by Crippen LogP contribution is 2.33. The lowest BCUT2D eigenvalue weighted by molar-refractivity contribution is 0.216. The van der Waals surface area contributed by atoms with Crippen LogP contribution in [0.5, 0.6) is 5.75 Å². The van der Waals surface area contributed by atoms with Gasteiger partial charge in [-0.3, -0.25) is 0 Å². The maximum atomic E-state index is 5.93. The SMILES string of the molecule is Cc1ccc(OC(CN)c2ccc(Cl)s2)c(Br)c1. The van der Waals surface area contributed by atoms with Gasteiger partial charge < -0.3 is 10.5 Å². The first-order valence-electron chi connectivity index (χ1n) is 5.48. The highest BCUT2D eigenvalue weighted by atomic mass is 79.9. The van der Waals surface area contributed by atoms with Gasteiger partial charge in [0.2, 0.25) is 0 Å². The fraction of sp³-hybridized carbons (Fsp3) is 0.231. The van der Waals surface area contributed by atoms with Crippen LogP contribution in [-0.4, -0.2) is 6.54 Å². The molecular weight excluding hydrogens is 334 g/mol. The summed E-state index contributed by atoms with van der Waals surface area (Å²) in [4.78, 5) is 1.04. The van der Waals surface area contributed by atoms with E-state index in [1.807, 2.05) is 37.3 Å². The van der Waals surface area contributed by atoms with E-state index in [4.69, 9.17) is 22.1 Å². The number of hydrogen-bond acceptors (Lipinski definition) is 3. The van der Waals surface area contributed by atoms with Crippen LogP contribution in [0.1, 0.15) is 16.5 Å². The first-order chi connectivity index (χ1) is 8.60. The zero-order chi connectivity index (χ0) is 13.1. The Balaban J connectivity index is 2.20. The quantitative estimate of drug-likeness (QED) is 0.881. The molecule has 0 saturated carbocycles. The third-order valence-corrected chi connectivity index (χ3v) is 4.42. The van der Waals surface area contributed by atoms with E-state index in [-0.39, 0.29) is 6.10 Å². The van der Waals surface area contributed by atoms with Gasteiger partial charge in [-0.05, 0) is 52.7 Å². The Hall–Kier alpha value is -0.550. The molecule has 2 aromatic rings. The van der Waals surface area contributed by atoms with Gasteiger partial charge >= 0.3 is 0 Å². The molecule has 1 aromatic heterocycles. The number of nitrogens with two attached hydrogens (primary N) is 1. The van der Waals surface area contributed by atoms with Crippen molar-refractivity contribution in [1.29, 1.82) is 0 Å². The lowest BCUT2D eigenvalue weighted by Crippen LogP contribution is -2.17. The summed E-state index contributed by atoms with van der Waals surface area (Å²) in [5.74, 6) is 0.792. The minimum Gasteiger partial charge on any atom is -0.482 e. The smallest absolute Gasteiger partial charge is 0.145 e. The molecule has 96 valence electrons. The summed E-state index contributed by atoms with van der Waals surface area (Å²) >= 11 is 10.9. The molecule has 0 fully saturated rings. The second-order valence-corrected chi connectivity index (χ2v) is 6.52. The van der Waals surface area contributed by atoms with E-state index >= 15 is 0 Å². The molecule has 0 bridgehead atoms. The van der Waals surface area contributed by atoms with Crippen LogP contribution >= 0.6 is 38.9 Å². The molecule has 0 aliphatic rings. The Labute approximate surface area is 124 Å². The number of rotatable bonds is 4. The normalized spacial score (nSPS) is 12.4. The molecule has 0 radical (unpaired) electrons. The lowest BCUT2D eigenvalue weighted by Gasteiger charge is -2.17. The molecule has 2 rings (SSSR count). The number of thiophene rings is 1. The summed E-state index contributed by atoms with van der Waals surface area (Å²) in [6.07, 6.45) is -0.165. The highest BCUT2D eigenvalue weighted by Gasteiger charge is 2.15. The van der Waals surface area contributed by atoms with E-state index in [1.54, 1.807) is 0 Å². The summed E-state index contributed by atoms with van der Waals surface area (Å²) in [6.45, 7) is 2.45. The molecule has 1 heterocycles. The van der Waals surface area contributed by atoms with Crippen LogP contribution < -0.4 is 10.5 Å². The predicted molar refractivity (Wildman–Crippen MR) is 80.6 cm³/mol. The van der Waals surface area contributed by atoms with E-state index < -0.39 is 0 Å². The Morgan fingerprint density at radius 2 is 2.17 bits per heavy atom. The summed E-state index contributed by atoms with van der Waals surface area (Å²) in [6, 6.07) is 9.78. The van der Waals surface area contributed by atoms with Crippen molar-refractivity contribution >= 4 is 38.9 Å². The van der Waals surface area contributed by atoms with Gasteiger partial charge in [0.05, 0.1) is 8.81 Å². The first-order valence-corrected chi connectivity index (χ1v) is 7.47. The monoisotopic (exact) mass is 345 g/mol. The van der Waals surface area contributed by atoms with E-state index in [1.165, 1.54) is 16.9 Å². The minimum atomic E-state index is -0.165. The van der Waals surface area contributed by atoms with Gasteiger partial charge in [0, 0.05) is 11.4 Å². The standard InChI is InChI=1S/C13H13BrClNOS/c1-8-2-3-10(9(14)6-8)17-11(7-16)12-4-5-13(15)18-12/h2-6,11H,7,16H2,1H3. The second kappa shape index (κ2) is 6.06. The molecule has 0 aliphatic heterocycles. The zero-order valence-electron chi connectivity index (χ0n) is 9.82. The average molecular weight is 347 g/mol. The number of halogens is 2. The molecule has 0 saturated heterocycles. The van der Waals surface area contributed by atoms with E-state index in [9.17, 15) is 0 Å². The third kappa shape index (κ3) is 3.26. The van der Waals surface area contributed by atoms with Crippen molar-refractivity contribution in [1.82, 2.24) is 0 Å². The van der Waals surface area contributed by atoms with Crippen LogP contribution in [0.2, 0.25) is 4.34 Å². The fourth-order valence-electron chi connectivity index (χ4n) is 1.58.